The molecule has 162 valence electrons. The molecule has 9 heteroatoms. The number of anilines is 1. The first-order valence-electron chi connectivity index (χ1n) is 9.44. The Balaban J connectivity index is 2.03. The summed E-state index contributed by atoms with van der Waals surface area (Å²) in [5.74, 6) is 0.304. The summed E-state index contributed by atoms with van der Waals surface area (Å²) in [4.78, 5) is 30.5. The van der Waals surface area contributed by atoms with E-state index in [-0.39, 0.29) is 25.1 Å². The molecule has 7 nitrogen and oxygen atoms in total. The zero-order chi connectivity index (χ0) is 22.5. The average molecular weight is 462 g/mol. The first kappa shape index (κ1) is 22.8. The number of hydrogen-bond donors (Lipinski definition) is 2. The summed E-state index contributed by atoms with van der Waals surface area (Å²) in [5, 5.41) is 13.0. The van der Waals surface area contributed by atoms with E-state index in [2.05, 4.69) is 10.3 Å². The minimum absolute atomic E-state index is 0.141. The minimum Gasteiger partial charge on any atom is -0.495 e. The summed E-state index contributed by atoms with van der Waals surface area (Å²) in [5.41, 5.74) is 1.48. The maximum atomic E-state index is 13.2. The van der Waals surface area contributed by atoms with Crippen molar-refractivity contribution in [1.29, 1.82) is 0 Å². The fraction of sp³-hybridized carbons (Fsp3) is 0.227. The SMILES string of the molecule is COc1ccc(Cl)cc1NC(=O)Cn1c(-c2ccc(Cl)cc2)nc(C)c(CCO)c1=O. The molecule has 1 amide bonds. The van der Waals surface area contributed by atoms with Gasteiger partial charge in [-0.15, -0.1) is 0 Å². The Morgan fingerprint density at radius 2 is 1.84 bits per heavy atom. The topological polar surface area (TPSA) is 93.4 Å². The molecule has 0 bridgehead atoms. The van der Waals surface area contributed by atoms with Crippen LogP contribution in [0.3, 0.4) is 0 Å². The number of carbonyl (C=O) groups is 1. The number of hydrogen-bond acceptors (Lipinski definition) is 5. The van der Waals surface area contributed by atoms with Gasteiger partial charge in [-0.2, -0.15) is 0 Å². The number of aryl methyl sites for hydroxylation is 1. The number of halogens is 2. The van der Waals surface area contributed by atoms with Gasteiger partial charge in [0.15, 0.2) is 0 Å². The van der Waals surface area contributed by atoms with Crippen molar-refractivity contribution in [3.8, 4) is 17.1 Å². The molecule has 0 radical (unpaired) electrons. The number of aliphatic hydroxyl groups is 1. The number of nitrogens with zero attached hydrogens (tertiary/aromatic N) is 2. The Morgan fingerprint density at radius 1 is 1.16 bits per heavy atom. The van der Waals surface area contributed by atoms with Gasteiger partial charge in [-0.25, -0.2) is 4.98 Å². The highest BCUT2D eigenvalue weighted by Crippen LogP contribution is 2.28. The van der Waals surface area contributed by atoms with Crippen molar-refractivity contribution in [3.05, 3.63) is 74.1 Å². The Kier molecular flexibility index (Phi) is 7.33. The molecule has 31 heavy (non-hydrogen) atoms. The largest absolute Gasteiger partial charge is 0.495 e. The molecule has 0 aliphatic carbocycles. The summed E-state index contributed by atoms with van der Waals surface area (Å²) in [6.45, 7) is 1.20. The van der Waals surface area contributed by atoms with Crippen LogP contribution < -0.4 is 15.6 Å². The number of rotatable bonds is 7. The van der Waals surface area contributed by atoms with Crippen LogP contribution in [-0.2, 0) is 17.8 Å². The van der Waals surface area contributed by atoms with Crippen molar-refractivity contribution in [1.82, 2.24) is 9.55 Å². The fourth-order valence-electron chi connectivity index (χ4n) is 3.18. The second-order valence-electron chi connectivity index (χ2n) is 6.76. The predicted octanol–water partition coefficient (Wildman–Crippen LogP) is 3.71. The van der Waals surface area contributed by atoms with Crippen molar-refractivity contribution in [2.75, 3.05) is 19.0 Å². The van der Waals surface area contributed by atoms with E-state index < -0.39 is 5.91 Å². The molecule has 0 saturated carbocycles. The number of aliphatic hydroxyl groups excluding tert-OH is 1. The Labute approximate surface area is 189 Å². The number of nitrogens with one attached hydrogen (secondary N) is 1. The van der Waals surface area contributed by atoms with Crippen LogP contribution in [0.1, 0.15) is 11.3 Å². The third kappa shape index (κ3) is 5.25. The molecule has 2 N–H and O–H groups in total. The maximum Gasteiger partial charge on any atom is 0.257 e. The number of amides is 1. The molecule has 3 rings (SSSR count). The zero-order valence-electron chi connectivity index (χ0n) is 17.0. The smallest absolute Gasteiger partial charge is 0.257 e. The lowest BCUT2D eigenvalue weighted by molar-refractivity contribution is -0.116. The van der Waals surface area contributed by atoms with Gasteiger partial charge < -0.3 is 15.2 Å². The number of aromatic nitrogens is 2. The second-order valence-corrected chi connectivity index (χ2v) is 7.64. The molecule has 0 aliphatic rings. The molecular weight excluding hydrogens is 441 g/mol. The predicted molar refractivity (Wildman–Crippen MR) is 121 cm³/mol. The van der Waals surface area contributed by atoms with Crippen LogP contribution in [0.4, 0.5) is 5.69 Å². The fourth-order valence-corrected chi connectivity index (χ4v) is 3.48. The molecule has 0 spiro atoms. The first-order chi connectivity index (χ1) is 14.8. The third-order valence-electron chi connectivity index (χ3n) is 4.67. The van der Waals surface area contributed by atoms with E-state index in [0.717, 1.165) is 0 Å². The van der Waals surface area contributed by atoms with E-state index in [4.69, 9.17) is 27.9 Å². The zero-order valence-corrected chi connectivity index (χ0v) is 18.5. The molecular formula is C22H21Cl2N3O4. The highest BCUT2D eigenvalue weighted by Gasteiger charge is 2.18. The lowest BCUT2D eigenvalue weighted by Gasteiger charge is -2.16. The molecule has 1 aromatic heterocycles. The van der Waals surface area contributed by atoms with Crippen LogP contribution in [0.5, 0.6) is 5.75 Å². The molecule has 2 aromatic carbocycles. The van der Waals surface area contributed by atoms with Gasteiger partial charge in [0.1, 0.15) is 18.1 Å². The van der Waals surface area contributed by atoms with E-state index in [1.165, 1.54) is 11.7 Å². The highest BCUT2D eigenvalue weighted by atomic mass is 35.5. The number of carbonyl (C=O) groups excluding carboxylic acids is 1. The van der Waals surface area contributed by atoms with Crippen LogP contribution in [0.15, 0.2) is 47.3 Å². The highest BCUT2D eigenvalue weighted by molar-refractivity contribution is 6.31. The molecule has 3 aromatic rings. The van der Waals surface area contributed by atoms with Gasteiger partial charge >= 0.3 is 0 Å². The summed E-state index contributed by atoms with van der Waals surface area (Å²) in [6, 6.07) is 11.7. The quantitative estimate of drug-likeness (QED) is 0.559. The monoisotopic (exact) mass is 461 g/mol. The van der Waals surface area contributed by atoms with Crippen LogP contribution >= 0.6 is 23.2 Å². The van der Waals surface area contributed by atoms with E-state index in [1.54, 1.807) is 49.4 Å². The van der Waals surface area contributed by atoms with Crippen LogP contribution in [-0.4, -0.2) is 34.3 Å². The van der Waals surface area contributed by atoms with Crippen LogP contribution in [0.2, 0.25) is 10.0 Å². The molecule has 0 fully saturated rings. The van der Waals surface area contributed by atoms with Crippen molar-refractivity contribution in [2.24, 2.45) is 0 Å². The number of ether oxygens (including phenoxy) is 1. The van der Waals surface area contributed by atoms with Gasteiger partial charge in [-0.05, 0) is 49.4 Å². The van der Waals surface area contributed by atoms with Crippen molar-refractivity contribution < 1.29 is 14.6 Å². The Morgan fingerprint density at radius 3 is 2.48 bits per heavy atom. The molecule has 0 atom stereocenters. The van der Waals surface area contributed by atoms with Gasteiger partial charge in [-0.1, -0.05) is 23.2 Å². The van der Waals surface area contributed by atoms with E-state index in [0.29, 0.717) is 44.1 Å². The van der Waals surface area contributed by atoms with E-state index in [9.17, 15) is 14.7 Å². The van der Waals surface area contributed by atoms with Gasteiger partial charge in [-0.3, -0.25) is 14.2 Å². The second kappa shape index (κ2) is 9.96. The Hall–Kier alpha value is -2.87. The van der Waals surface area contributed by atoms with Gasteiger partial charge in [0.2, 0.25) is 5.91 Å². The molecule has 1 heterocycles. The molecule has 0 unspecified atom stereocenters. The Bertz CT molecular complexity index is 1160. The first-order valence-corrected chi connectivity index (χ1v) is 10.2. The van der Waals surface area contributed by atoms with Gasteiger partial charge in [0.05, 0.1) is 12.8 Å². The van der Waals surface area contributed by atoms with Crippen molar-refractivity contribution >= 4 is 34.8 Å². The average Bonchev–Trinajstić information content (AvgIpc) is 2.74. The number of benzene rings is 2. The van der Waals surface area contributed by atoms with Crippen molar-refractivity contribution in [3.63, 3.8) is 0 Å². The lowest BCUT2D eigenvalue weighted by Crippen LogP contribution is -2.33. The van der Waals surface area contributed by atoms with Gasteiger partial charge in [0, 0.05) is 39.9 Å². The lowest BCUT2D eigenvalue weighted by atomic mass is 10.1. The van der Waals surface area contributed by atoms with Crippen molar-refractivity contribution in [2.45, 2.75) is 19.9 Å². The van der Waals surface area contributed by atoms with Crippen LogP contribution in [0, 0.1) is 6.92 Å². The molecule has 0 saturated heterocycles. The standard InChI is InChI=1S/C22H21Cl2N3O4/c1-13-17(9-10-28)22(30)27(21(25-13)14-3-5-15(23)6-4-14)12-20(29)26-18-11-16(24)7-8-19(18)31-2/h3-8,11,28H,9-10,12H2,1-2H3,(H,26,29). The summed E-state index contributed by atoms with van der Waals surface area (Å²) in [6.07, 6.45) is 0.141. The van der Waals surface area contributed by atoms with Crippen LogP contribution in [0.25, 0.3) is 11.4 Å². The van der Waals surface area contributed by atoms with Gasteiger partial charge in [0.25, 0.3) is 5.56 Å². The summed E-state index contributed by atoms with van der Waals surface area (Å²) in [7, 11) is 1.48. The summed E-state index contributed by atoms with van der Waals surface area (Å²) < 4.78 is 6.54. The van der Waals surface area contributed by atoms with E-state index in [1.807, 2.05) is 0 Å². The number of methoxy groups -OCH3 is 1. The normalized spacial score (nSPS) is 10.7. The maximum absolute atomic E-state index is 13.2. The van der Waals surface area contributed by atoms with E-state index >= 15 is 0 Å². The summed E-state index contributed by atoms with van der Waals surface area (Å²) >= 11 is 12.0. The third-order valence-corrected chi connectivity index (χ3v) is 5.16. The minimum atomic E-state index is -0.460. The molecule has 0 aliphatic heterocycles.